The predicted octanol–water partition coefficient (Wildman–Crippen LogP) is 4.97. The molecule has 35 heavy (non-hydrogen) atoms. The Balaban J connectivity index is 1.83. The third kappa shape index (κ3) is 6.06. The van der Waals surface area contributed by atoms with Gasteiger partial charge in [-0.2, -0.15) is 0 Å². The molecule has 0 bridgehead atoms. The van der Waals surface area contributed by atoms with Crippen molar-refractivity contribution >= 4 is 26.9 Å². The van der Waals surface area contributed by atoms with Gasteiger partial charge in [0.1, 0.15) is 16.3 Å². The van der Waals surface area contributed by atoms with Gasteiger partial charge in [-0.25, -0.2) is 22.8 Å². The molecule has 0 amide bonds. The minimum absolute atomic E-state index is 0.100. The lowest BCUT2D eigenvalue weighted by molar-refractivity contribution is 0.353. The topological polar surface area (TPSA) is 105 Å². The maximum Gasteiger partial charge on any atom is 0.233 e. The molecule has 0 radical (unpaired) electrons. The molecule has 3 rings (SSSR count). The maximum atomic E-state index is 14.8. The number of ether oxygens (including phenoxy) is 1. The zero-order chi connectivity index (χ0) is 25.8. The highest BCUT2D eigenvalue weighted by atomic mass is 32.2. The molecule has 0 unspecified atom stereocenters. The van der Waals surface area contributed by atoms with Gasteiger partial charge in [0.05, 0.1) is 23.8 Å². The minimum Gasteiger partial charge on any atom is -0.463 e. The number of terminal acetylenes is 1. The van der Waals surface area contributed by atoms with E-state index in [2.05, 4.69) is 21.2 Å². The number of rotatable bonds is 11. The van der Waals surface area contributed by atoms with Crippen LogP contribution in [0.2, 0.25) is 0 Å². The van der Waals surface area contributed by atoms with Gasteiger partial charge in [-0.15, -0.1) is 6.42 Å². The van der Waals surface area contributed by atoms with Crippen LogP contribution in [0, 0.1) is 23.6 Å². The van der Waals surface area contributed by atoms with Crippen molar-refractivity contribution in [2.75, 3.05) is 17.7 Å². The van der Waals surface area contributed by atoms with E-state index in [-0.39, 0.29) is 18.1 Å². The Morgan fingerprint density at radius 2 is 2.03 bits per heavy atom. The van der Waals surface area contributed by atoms with Gasteiger partial charge in [0.15, 0.2) is 16.4 Å². The molecular weight excluding hydrogens is 467 g/mol. The monoisotopic (exact) mass is 498 g/mol. The fraction of sp³-hybridized carbons (Fsp3) is 0.423. The highest BCUT2D eigenvalue weighted by molar-refractivity contribution is 7.93. The molecule has 0 spiro atoms. The van der Waals surface area contributed by atoms with Crippen LogP contribution in [0.5, 0.6) is 5.88 Å². The summed E-state index contributed by atoms with van der Waals surface area (Å²) in [6, 6.07) is 4.57. The standard InChI is InChI=1S/C26H31FN4O3S/c1-6-12-34-24-15-29-22(14-30-24)25(18-8-9-18)31-19-10-11-21(27)20(13-19)17(3)16-35(32,33)26(4,5)23(28)7-2/h1,10-11,13-15,17,28,31H,7-9,12,16H2,2-5H3/t17-/m0/s1. The van der Waals surface area contributed by atoms with E-state index in [0.717, 1.165) is 24.1 Å². The van der Waals surface area contributed by atoms with Crippen LogP contribution in [0.3, 0.4) is 0 Å². The summed E-state index contributed by atoms with van der Waals surface area (Å²) in [7, 11) is -3.69. The Labute approximate surface area is 206 Å². The smallest absolute Gasteiger partial charge is 0.233 e. The summed E-state index contributed by atoms with van der Waals surface area (Å²) in [5.41, 5.74) is 3.62. The van der Waals surface area contributed by atoms with Crippen molar-refractivity contribution in [3.05, 3.63) is 53.2 Å². The molecule has 1 saturated carbocycles. The van der Waals surface area contributed by atoms with Crippen LogP contribution in [0.1, 0.15) is 64.1 Å². The van der Waals surface area contributed by atoms with Gasteiger partial charge < -0.3 is 15.5 Å². The number of nitrogens with zero attached hydrogens (tertiary/aromatic N) is 2. The molecule has 2 aromatic rings. The number of hydrogen-bond donors (Lipinski definition) is 2. The summed E-state index contributed by atoms with van der Waals surface area (Å²) in [6.07, 6.45) is 10.5. The van der Waals surface area contributed by atoms with Crippen molar-refractivity contribution in [2.45, 2.75) is 57.6 Å². The van der Waals surface area contributed by atoms with Gasteiger partial charge in [-0.1, -0.05) is 19.8 Å². The third-order valence-electron chi connectivity index (χ3n) is 6.16. The molecule has 2 N–H and O–H groups in total. The van der Waals surface area contributed by atoms with E-state index in [9.17, 15) is 12.8 Å². The molecule has 1 aliphatic rings. The lowest BCUT2D eigenvalue weighted by Gasteiger charge is -2.27. The Morgan fingerprint density at radius 3 is 2.60 bits per heavy atom. The van der Waals surface area contributed by atoms with Crippen LogP contribution in [-0.2, 0) is 9.84 Å². The fourth-order valence-corrected chi connectivity index (χ4v) is 5.44. The van der Waals surface area contributed by atoms with Crippen LogP contribution in [0.25, 0.3) is 5.70 Å². The average molecular weight is 499 g/mol. The molecule has 186 valence electrons. The van der Waals surface area contributed by atoms with Crippen molar-refractivity contribution < 1.29 is 17.5 Å². The maximum absolute atomic E-state index is 14.8. The molecule has 1 atom stereocenters. The summed E-state index contributed by atoms with van der Waals surface area (Å²) in [6.45, 7) is 6.61. The van der Waals surface area contributed by atoms with Crippen molar-refractivity contribution in [3.8, 4) is 18.2 Å². The van der Waals surface area contributed by atoms with Crippen LogP contribution in [-0.4, -0.2) is 41.2 Å². The molecule has 0 saturated heterocycles. The van der Waals surface area contributed by atoms with Gasteiger partial charge in [0.25, 0.3) is 0 Å². The highest BCUT2D eigenvalue weighted by Gasteiger charge is 2.38. The molecular formula is C26H31FN4O3S. The van der Waals surface area contributed by atoms with Gasteiger partial charge in [0.2, 0.25) is 5.88 Å². The summed E-state index contributed by atoms with van der Waals surface area (Å²) in [4.78, 5) is 8.65. The number of nitrogens with one attached hydrogen (secondary N) is 2. The van der Waals surface area contributed by atoms with E-state index in [1.165, 1.54) is 26.1 Å². The van der Waals surface area contributed by atoms with E-state index < -0.39 is 26.3 Å². The Kier molecular flexibility index (Phi) is 7.96. The van der Waals surface area contributed by atoms with Gasteiger partial charge in [-0.3, -0.25) is 0 Å². The molecule has 0 aliphatic heterocycles. The second kappa shape index (κ2) is 10.6. The normalized spacial score (nSPS) is 14.1. The molecule has 1 heterocycles. The van der Waals surface area contributed by atoms with E-state index in [1.807, 2.05) is 0 Å². The average Bonchev–Trinajstić information content (AvgIpc) is 3.66. The van der Waals surface area contributed by atoms with E-state index in [4.69, 9.17) is 16.6 Å². The number of sulfone groups is 1. The number of allylic oxidation sites excluding steroid dienone is 1. The minimum atomic E-state index is -3.69. The van der Waals surface area contributed by atoms with Crippen molar-refractivity contribution in [2.24, 2.45) is 0 Å². The van der Waals surface area contributed by atoms with Gasteiger partial charge in [0, 0.05) is 11.4 Å². The summed E-state index contributed by atoms with van der Waals surface area (Å²) in [5, 5.41) is 11.4. The second-order valence-corrected chi connectivity index (χ2v) is 11.7. The summed E-state index contributed by atoms with van der Waals surface area (Å²) >= 11 is 0. The Bertz CT molecular complexity index is 1270. The van der Waals surface area contributed by atoms with E-state index in [1.54, 1.807) is 32.2 Å². The van der Waals surface area contributed by atoms with Gasteiger partial charge in [-0.05, 0) is 68.4 Å². The molecule has 1 fully saturated rings. The molecule has 1 aromatic carbocycles. The van der Waals surface area contributed by atoms with Crippen molar-refractivity contribution in [1.29, 1.82) is 5.41 Å². The largest absolute Gasteiger partial charge is 0.463 e. The molecule has 9 heteroatoms. The number of anilines is 1. The number of benzene rings is 1. The zero-order valence-electron chi connectivity index (χ0n) is 20.5. The predicted molar refractivity (Wildman–Crippen MR) is 137 cm³/mol. The third-order valence-corrected chi connectivity index (χ3v) is 8.90. The summed E-state index contributed by atoms with van der Waals surface area (Å²) in [5.74, 6) is 1.36. The zero-order valence-corrected chi connectivity index (χ0v) is 21.3. The van der Waals surface area contributed by atoms with Gasteiger partial charge >= 0.3 is 0 Å². The van der Waals surface area contributed by atoms with Crippen LogP contribution in [0.4, 0.5) is 10.1 Å². The number of aromatic nitrogens is 2. The lowest BCUT2D eigenvalue weighted by atomic mass is 10.0. The fourth-order valence-electron chi connectivity index (χ4n) is 3.67. The number of hydrogen-bond acceptors (Lipinski definition) is 7. The second-order valence-electron chi connectivity index (χ2n) is 9.10. The van der Waals surface area contributed by atoms with Crippen LogP contribution < -0.4 is 10.1 Å². The van der Waals surface area contributed by atoms with Crippen molar-refractivity contribution in [3.63, 3.8) is 0 Å². The first-order valence-corrected chi connectivity index (χ1v) is 13.1. The van der Waals surface area contributed by atoms with Crippen molar-refractivity contribution in [1.82, 2.24) is 9.97 Å². The molecule has 1 aromatic heterocycles. The van der Waals surface area contributed by atoms with Crippen LogP contribution >= 0.6 is 0 Å². The van der Waals surface area contributed by atoms with E-state index >= 15 is 0 Å². The first kappa shape index (κ1) is 26.4. The highest BCUT2D eigenvalue weighted by Crippen LogP contribution is 2.37. The molecule has 1 aliphatic carbocycles. The molecule has 7 nitrogen and oxygen atoms in total. The van der Waals surface area contributed by atoms with Crippen LogP contribution in [0.15, 0.2) is 36.2 Å². The Hall–Kier alpha value is -3.25. The summed E-state index contributed by atoms with van der Waals surface area (Å²) < 4.78 is 44.9. The Morgan fingerprint density at radius 1 is 1.31 bits per heavy atom. The number of halogens is 1. The quantitative estimate of drug-likeness (QED) is 0.335. The SMILES string of the molecule is C#CCOc1cnc(C(Nc2ccc(F)c([C@@H](C)CS(=O)(=O)C(C)(C)C(=N)CC)c2)=C2CC2)cn1. The first-order chi connectivity index (χ1) is 16.5. The first-order valence-electron chi connectivity index (χ1n) is 11.5. The lowest BCUT2D eigenvalue weighted by Crippen LogP contribution is -2.42. The van der Waals surface area contributed by atoms with E-state index in [0.29, 0.717) is 29.2 Å².